The first-order chi connectivity index (χ1) is 5.45. The maximum absolute atomic E-state index is 5.69. The van der Waals surface area contributed by atoms with Crippen LogP contribution < -0.4 is 0 Å². The highest BCUT2D eigenvalue weighted by molar-refractivity contribution is 8.02. The van der Waals surface area contributed by atoms with Crippen LogP contribution >= 0.6 is 11.8 Å². The van der Waals surface area contributed by atoms with E-state index in [-0.39, 0.29) is 0 Å². The summed E-state index contributed by atoms with van der Waals surface area (Å²) in [5.41, 5.74) is 0. The molecule has 0 aliphatic carbocycles. The van der Waals surface area contributed by atoms with E-state index < -0.39 is 8.32 Å². The predicted molar refractivity (Wildman–Crippen MR) is 60.9 cm³/mol. The summed E-state index contributed by atoms with van der Waals surface area (Å²) in [5.74, 6) is 1.14. The molecule has 0 aromatic carbocycles. The van der Waals surface area contributed by atoms with Gasteiger partial charge in [-0.3, -0.25) is 0 Å². The molecule has 0 aromatic heterocycles. The Kier molecular flexibility index (Phi) is 5.75. The number of hydrogen-bond acceptors (Lipinski definition) is 2. The van der Waals surface area contributed by atoms with Gasteiger partial charge in [0.1, 0.15) is 5.09 Å². The van der Waals surface area contributed by atoms with Crippen LogP contribution in [-0.2, 0) is 4.43 Å². The molecule has 1 nitrogen and oxygen atoms in total. The van der Waals surface area contributed by atoms with Gasteiger partial charge in [0.25, 0.3) is 0 Å². The number of thioether (sulfide) groups is 1. The predicted octanol–water partition coefficient (Wildman–Crippen LogP) is 3.84. The maximum Gasteiger partial charge on any atom is 0.242 e. The number of rotatable bonds is 6. The summed E-state index contributed by atoms with van der Waals surface area (Å²) >= 11 is 1.75. The van der Waals surface area contributed by atoms with E-state index in [9.17, 15) is 0 Å². The fraction of sp³-hybridized carbons (Fsp3) is 0.778. The van der Waals surface area contributed by atoms with E-state index in [1.54, 1.807) is 11.8 Å². The largest absolute Gasteiger partial charge is 0.540 e. The first kappa shape index (κ1) is 12.1. The zero-order chi connectivity index (χ0) is 9.61. The minimum Gasteiger partial charge on any atom is -0.540 e. The standard InChI is InChI=1S/C9H20OSSi/c1-6-7-8-11-9(2)10-12(3,4)5/h2,6-8H2,1,3-5H3. The lowest BCUT2D eigenvalue weighted by atomic mass is 10.4. The van der Waals surface area contributed by atoms with Gasteiger partial charge >= 0.3 is 0 Å². The Bertz CT molecular complexity index is 140. The molecule has 0 saturated carbocycles. The lowest BCUT2D eigenvalue weighted by molar-refractivity contribution is 0.466. The second kappa shape index (κ2) is 5.70. The molecule has 3 heteroatoms. The van der Waals surface area contributed by atoms with Crippen LogP contribution in [0.4, 0.5) is 0 Å². The van der Waals surface area contributed by atoms with Gasteiger partial charge in [-0.1, -0.05) is 31.7 Å². The van der Waals surface area contributed by atoms with Crippen molar-refractivity contribution in [3.8, 4) is 0 Å². The molecule has 12 heavy (non-hydrogen) atoms. The van der Waals surface area contributed by atoms with Crippen molar-refractivity contribution in [2.45, 2.75) is 39.4 Å². The Balaban J connectivity index is 3.47. The highest BCUT2D eigenvalue weighted by Crippen LogP contribution is 2.20. The van der Waals surface area contributed by atoms with Gasteiger partial charge in [-0.2, -0.15) is 0 Å². The average Bonchev–Trinajstić information content (AvgIpc) is 1.84. The van der Waals surface area contributed by atoms with E-state index in [2.05, 4.69) is 33.1 Å². The van der Waals surface area contributed by atoms with Crippen LogP contribution in [0.15, 0.2) is 11.7 Å². The van der Waals surface area contributed by atoms with Crippen molar-refractivity contribution in [2.75, 3.05) is 5.75 Å². The summed E-state index contributed by atoms with van der Waals surface area (Å²) < 4.78 is 5.69. The van der Waals surface area contributed by atoms with Crippen molar-refractivity contribution >= 4 is 20.1 Å². The summed E-state index contributed by atoms with van der Waals surface area (Å²) in [6.45, 7) is 12.6. The highest BCUT2D eigenvalue weighted by Gasteiger charge is 2.16. The maximum atomic E-state index is 5.69. The Hall–Kier alpha value is 0.107. The fourth-order valence-electron chi connectivity index (χ4n) is 0.701. The molecule has 0 aromatic rings. The Morgan fingerprint density at radius 2 is 2.00 bits per heavy atom. The zero-order valence-corrected chi connectivity index (χ0v) is 10.5. The molecule has 0 aliphatic rings. The van der Waals surface area contributed by atoms with Gasteiger partial charge in [-0.25, -0.2) is 0 Å². The van der Waals surface area contributed by atoms with Crippen molar-refractivity contribution in [3.05, 3.63) is 11.7 Å². The minimum atomic E-state index is -1.40. The van der Waals surface area contributed by atoms with Crippen molar-refractivity contribution in [1.29, 1.82) is 0 Å². The molecule has 0 saturated heterocycles. The van der Waals surface area contributed by atoms with Crippen LogP contribution in [0.25, 0.3) is 0 Å². The molecule has 0 rings (SSSR count). The summed E-state index contributed by atoms with van der Waals surface area (Å²) in [4.78, 5) is 0. The molecule has 0 N–H and O–H groups in total. The van der Waals surface area contributed by atoms with Gasteiger partial charge in [0.2, 0.25) is 8.32 Å². The van der Waals surface area contributed by atoms with Crippen LogP contribution in [0.2, 0.25) is 19.6 Å². The quantitative estimate of drug-likeness (QED) is 0.369. The second-order valence-corrected chi connectivity index (χ2v) is 9.37. The molecule has 0 amide bonds. The van der Waals surface area contributed by atoms with Crippen LogP contribution in [0.5, 0.6) is 0 Å². The second-order valence-electron chi connectivity index (χ2n) is 3.79. The van der Waals surface area contributed by atoms with E-state index in [0.29, 0.717) is 0 Å². The van der Waals surface area contributed by atoms with Crippen molar-refractivity contribution in [3.63, 3.8) is 0 Å². The lowest BCUT2D eigenvalue weighted by Gasteiger charge is -2.20. The topological polar surface area (TPSA) is 9.23 Å². The van der Waals surface area contributed by atoms with E-state index in [1.807, 2.05) is 0 Å². The van der Waals surface area contributed by atoms with E-state index >= 15 is 0 Å². The third-order valence-electron chi connectivity index (χ3n) is 1.18. The smallest absolute Gasteiger partial charge is 0.242 e. The third kappa shape index (κ3) is 8.21. The molecule has 0 bridgehead atoms. The van der Waals surface area contributed by atoms with Crippen LogP contribution in [0.1, 0.15) is 19.8 Å². The van der Waals surface area contributed by atoms with Gasteiger partial charge in [0.05, 0.1) is 0 Å². The molecular weight excluding hydrogens is 184 g/mol. The fourth-order valence-corrected chi connectivity index (χ4v) is 3.03. The van der Waals surface area contributed by atoms with Crippen molar-refractivity contribution in [2.24, 2.45) is 0 Å². The number of unbranched alkanes of at least 4 members (excludes halogenated alkanes) is 1. The van der Waals surface area contributed by atoms with E-state index in [0.717, 1.165) is 10.8 Å². The molecule has 0 heterocycles. The Labute approximate surface area is 81.7 Å². The SMILES string of the molecule is C=C(O[Si](C)(C)C)SCCCC. The number of hydrogen-bond donors (Lipinski definition) is 0. The molecule has 0 spiro atoms. The molecule has 0 aliphatic heterocycles. The zero-order valence-electron chi connectivity index (χ0n) is 8.64. The average molecular weight is 204 g/mol. The molecule has 72 valence electrons. The van der Waals surface area contributed by atoms with Crippen molar-refractivity contribution in [1.82, 2.24) is 0 Å². The first-order valence-corrected chi connectivity index (χ1v) is 8.86. The molecular formula is C9H20OSSi. The van der Waals surface area contributed by atoms with Crippen LogP contribution in [0, 0.1) is 0 Å². The van der Waals surface area contributed by atoms with E-state index in [1.165, 1.54) is 12.8 Å². The normalized spacial score (nSPS) is 11.3. The molecule has 0 radical (unpaired) electrons. The molecule has 0 atom stereocenters. The van der Waals surface area contributed by atoms with E-state index in [4.69, 9.17) is 4.43 Å². The summed E-state index contributed by atoms with van der Waals surface area (Å²) in [6, 6.07) is 0. The summed E-state index contributed by atoms with van der Waals surface area (Å²) in [6.07, 6.45) is 2.49. The first-order valence-electron chi connectivity index (χ1n) is 4.46. The van der Waals surface area contributed by atoms with Gasteiger partial charge in [-0.05, 0) is 26.1 Å². The van der Waals surface area contributed by atoms with Gasteiger partial charge in [0, 0.05) is 5.75 Å². The van der Waals surface area contributed by atoms with Crippen LogP contribution in [0.3, 0.4) is 0 Å². The van der Waals surface area contributed by atoms with Crippen molar-refractivity contribution < 1.29 is 4.43 Å². The lowest BCUT2D eigenvalue weighted by Crippen LogP contribution is -2.23. The Morgan fingerprint density at radius 3 is 2.42 bits per heavy atom. The third-order valence-corrected chi connectivity index (χ3v) is 3.09. The summed E-state index contributed by atoms with van der Waals surface area (Å²) in [5, 5.41) is 0.905. The van der Waals surface area contributed by atoms with Gasteiger partial charge < -0.3 is 4.43 Å². The monoisotopic (exact) mass is 204 g/mol. The molecule has 0 unspecified atom stereocenters. The van der Waals surface area contributed by atoms with Gasteiger partial charge in [-0.15, -0.1) is 0 Å². The highest BCUT2D eigenvalue weighted by atomic mass is 32.2. The van der Waals surface area contributed by atoms with Gasteiger partial charge in [0.15, 0.2) is 0 Å². The Morgan fingerprint density at radius 1 is 1.42 bits per heavy atom. The van der Waals surface area contributed by atoms with Crippen LogP contribution in [-0.4, -0.2) is 14.1 Å². The minimum absolute atomic E-state index is 0.905. The molecule has 0 fully saturated rings. The summed E-state index contributed by atoms with van der Waals surface area (Å²) in [7, 11) is -1.40.